The van der Waals surface area contributed by atoms with E-state index in [1.165, 1.54) is 30.2 Å². The molecule has 124 valence electrons. The highest BCUT2D eigenvalue weighted by Crippen LogP contribution is 2.30. The first-order valence-electron chi connectivity index (χ1n) is 8.87. The second-order valence-electron chi connectivity index (χ2n) is 7.03. The maximum Gasteiger partial charge on any atom is 0.227 e. The van der Waals surface area contributed by atoms with Crippen LogP contribution in [-0.2, 0) is 6.54 Å². The van der Waals surface area contributed by atoms with Crippen LogP contribution in [0.2, 0.25) is 0 Å². The maximum absolute atomic E-state index is 6.04. The summed E-state index contributed by atoms with van der Waals surface area (Å²) in [5.41, 5.74) is 2.15. The molecule has 3 nitrogen and oxygen atoms in total. The minimum atomic E-state index is 0.740. The van der Waals surface area contributed by atoms with Gasteiger partial charge < -0.3 is 4.42 Å². The van der Waals surface area contributed by atoms with Crippen molar-refractivity contribution in [3.8, 4) is 11.5 Å². The van der Waals surface area contributed by atoms with Crippen LogP contribution in [0, 0.1) is 12.8 Å². The molecule has 1 aliphatic rings. The quantitative estimate of drug-likeness (QED) is 0.677. The molecule has 2 aromatic carbocycles. The average molecular weight is 320 g/mol. The first-order chi connectivity index (χ1) is 11.7. The zero-order valence-electron chi connectivity index (χ0n) is 14.5. The van der Waals surface area contributed by atoms with E-state index in [-0.39, 0.29) is 0 Å². The van der Waals surface area contributed by atoms with Gasteiger partial charge in [-0.2, -0.15) is 0 Å². The van der Waals surface area contributed by atoms with Crippen LogP contribution in [-0.4, -0.2) is 23.0 Å². The minimum Gasteiger partial charge on any atom is -0.441 e. The van der Waals surface area contributed by atoms with E-state index in [1.807, 2.05) is 6.92 Å². The van der Waals surface area contributed by atoms with E-state index in [2.05, 4.69) is 54.3 Å². The molecule has 0 saturated carbocycles. The van der Waals surface area contributed by atoms with Gasteiger partial charge in [0, 0.05) is 18.7 Å². The summed E-state index contributed by atoms with van der Waals surface area (Å²) in [4.78, 5) is 7.35. The number of oxazole rings is 1. The van der Waals surface area contributed by atoms with Crippen molar-refractivity contribution < 1.29 is 4.42 Å². The Bertz CT molecular complexity index is 847. The van der Waals surface area contributed by atoms with Crippen molar-refractivity contribution in [2.45, 2.75) is 33.2 Å². The molecule has 4 rings (SSSR count). The van der Waals surface area contributed by atoms with Crippen molar-refractivity contribution in [1.82, 2.24) is 9.88 Å². The fraction of sp³-hybridized carbons (Fsp3) is 0.381. The lowest BCUT2D eigenvalue weighted by molar-refractivity contribution is 0.174. The Hall–Kier alpha value is -2.13. The zero-order valence-corrected chi connectivity index (χ0v) is 14.5. The topological polar surface area (TPSA) is 29.3 Å². The monoisotopic (exact) mass is 320 g/mol. The van der Waals surface area contributed by atoms with Crippen LogP contribution in [0.25, 0.3) is 22.2 Å². The second-order valence-corrected chi connectivity index (χ2v) is 7.03. The smallest absolute Gasteiger partial charge is 0.227 e. The molecule has 0 bridgehead atoms. The van der Waals surface area contributed by atoms with Gasteiger partial charge in [-0.3, -0.25) is 4.90 Å². The Balaban J connectivity index is 1.65. The van der Waals surface area contributed by atoms with E-state index in [4.69, 9.17) is 9.40 Å². The van der Waals surface area contributed by atoms with E-state index in [0.29, 0.717) is 0 Å². The molecule has 3 heteroatoms. The number of hydrogen-bond donors (Lipinski definition) is 0. The summed E-state index contributed by atoms with van der Waals surface area (Å²) in [5.74, 6) is 2.46. The lowest BCUT2D eigenvalue weighted by atomic mass is 10.0. The van der Waals surface area contributed by atoms with Gasteiger partial charge >= 0.3 is 0 Å². The lowest BCUT2D eigenvalue weighted by Crippen LogP contribution is -2.34. The number of aromatic nitrogens is 1. The van der Waals surface area contributed by atoms with E-state index in [0.717, 1.165) is 41.9 Å². The molecule has 1 saturated heterocycles. The van der Waals surface area contributed by atoms with Crippen LogP contribution in [0.5, 0.6) is 0 Å². The number of hydrogen-bond acceptors (Lipinski definition) is 3. The Morgan fingerprint density at radius 3 is 2.88 bits per heavy atom. The summed E-state index contributed by atoms with van der Waals surface area (Å²) < 4.78 is 6.04. The van der Waals surface area contributed by atoms with Gasteiger partial charge in [-0.05, 0) is 49.1 Å². The van der Waals surface area contributed by atoms with Gasteiger partial charge in [0.25, 0.3) is 0 Å². The van der Waals surface area contributed by atoms with Crippen molar-refractivity contribution >= 4 is 10.8 Å². The summed E-state index contributed by atoms with van der Waals surface area (Å²) in [7, 11) is 0. The van der Waals surface area contributed by atoms with Crippen LogP contribution in [0.15, 0.2) is 46.9 Å². The van der Waals surface area contributed by atoms with Gasteiger partial charge in [-0.15, -0.1) is 0 Å². The van der Waals surface area contributed by atoms with Crippen molar-refractivity contribution in [1.29, 1.82) is 0 Å². The molecular formula is C21H24N2O. The highest BCUT2D eigenvalue weighted by atomic mass is 16.4. The molecule has 3 aromatic rings. The van der Waals surface area contributed by atoms with E-state index in [9.17, 15) is 0 Å². The largest absolute Gasteiger partial charge is 0.441 e. The van der Waals surface area contributed by atoms with Gasteiger partial charge in [0.2, 0.25) is 5.89 Å². The Kier molecular flexibility index (Phi) is 4.11. The lowest BCUT2D eigenvalue weighted by Gasteiger charge is -2.30. The Labute approximate surface area is 143 Å². The van der Waals surface area contributed by atoms with Crippen molar-refractivity contribution in [3.05, 3.63) is 53.9 Å². The summed E-state index contributed by atoms with van der Waals surface area (Å²) in [6, 6.07) is 14.7. The molecule has 0 unspecified atom stereocenters. The average Bonchev–Trinajstić information content (AvgIpc) is 2.95. The normalized spacial score (nSPS) is 19.0. The molecule has 1 aliphatic heterocycles. The predicted molar refractivity (Wildman–Crippen MR) is 97.9 cm³/mol. The SMILES string of the molecule is Cc1oc(-c2cccc3ccccc23)nc1CN1CCC[C@H](C)C1. The van der Waals surface area contributed by atoms with E-state index in [1.54, 1.807) is 0 Å². The van der Waals surface area contributed by atoms with Crippen molar-refractivity contribution in [3.63, 3.8) is 0 Å². The molecule has 1 fully saturated rings. The molecule has 24 heavy (non-hydrogen) atoms. The fourth-order valence-corrected chi connectivity index (χ4v) is 3.74. The summed E-state index contributed by atoms with van der Waals surface area (Å²) in [5, 5.41) is 2.41. The molecule has 1 aromatic heterocycles. The fourth-order valence-electron chi connectivity index (χ4n) is 3.74. The number of aryl methyl sites for hydroxylation is 1. The number of nitrogens with zero attached hydrogens (tertiary/aromatic N) is 2. The third-order valence-corrected chi connectivity index (χ3v) is 5.03. The first kappa shape index (κ1) is 15.4. The van der Waals surface area contributed by atoms with Gasteiger partial charge in [-0.25, -0.2) is 4.98 Å². The number of benzene rings is 2. The molecule has 1 atom stereocenters. The molecule has 2 heterocycles. The summed E-state index contributed by atoms with van der Waals surface area (Å²) >= 11 is 0. The number of likely N-dealkylation sites (tertiary alicyclic amines) is 1. The number of rotatable bonds is 3. The van der Waals surface area contributed by atoms with Crippen LogP contribution in [0.1, 0.15) is 31.2 Å². The molecule has 0 radical (unpaired) electrons. The Morgan fingerprint density at radius 1 is 1.17 bits per heavy atom. The predicted octanol–water partition coefficient (Wildman–Crippen LogP) is 5.04. The Morgan fingerprint density at radius 2 is 2.00 bits per heavy atom. The van der Waals surface area contributed by atoms with Gasteiger partial charge in [0.15, 0.2) is 0 Å². The maximum atomic E-state index is 6.04. The number of fused-ring (bicyclic) bond motifs is 1. The van der Waals surface area contributed by atoms with E-state index < -0.39 is 0 Å². The molecule has 0 amide bonds. The summed E-state index contributed by atoms with van der Waals surface area (Å²) in [6.45, 7) is 7.59. The highest BCUT2D eigenvalue weighted by Gasteiger charge is 2.20. The van der Waals surface area contributed by atoms with Crippen LogP contribution in [0.3, 0.4) is 0 Å². The summed E-state index contributed by atoms with van der Waals surface area (Å²) in [6.07, 6.45) is 2.63. The van der Waals surface area contributed by atoms with Crippen LogP contribution in [0.4, 0.5) is 0 Å². The third kappa shape index (κ3) is 2.96. The second kappa shape index (κ2) is 6.40. The molecular weight excluding hydrogens is 296 g/mol. The zero-order chi connectivity index (χ0) is 16.5. The van der Waals surface area contributed by atoms with Gasteiger partial charge in [0.05, 0.1) is 5.69 Å². The van der Waals surface area contributed by atoms with Gasteiger partial charge in [-0.1, -0.05) is 43.3 Å². The first-order valence-corrected chi connectivity index (χ1v) is 8.87. The standard InChI is InChI=1S/C21H24N2O/c1-15-7-6-12-23(13-15)14-20-16(2)24-21(22-20)19-11-5-9-17-8-3-4-10-18(17)19/h3-5,8-11,15H,6-7,12-14H2,1-2H3/t15-/m0/s1. The van der Waals surface area contributed by atoms with E-state index >= 15 is 0 Å². The van der Waals surface area contributed by atoms with Crippen molar-refractivity contribution in [2.75, 3.05) is 13.1 Å². The minimum absolute atomic E-state index is 0.740. The van der Waals surface area contributed by atoms with Gasteiger partial charge in [0.1, 0.15) is 5.76 Å². The highest BCUT2D eigenvalue weighted by molar-refractivity contribution is 5.94. The molecule has 0 aliphatic carbocycles. The van der Waals surface area contributed by atoms with Crippen LogP contribution < -0.4 is 0 Å². The molecule has 0 spiro atoms. The number of piperidine rings is 1. The third-order valence-electron chi connectivity index (χ3n) is 5.03. The van der Waals surface area contributed by atoms with Crippen molar-refractivity contribution in [2.24, 2.45) is 5.92 Å². The molecule has 0 N–H and O–H groups in total. The van der Waals surface area contributed by atoms with Crippen LogP contribution >= 0.6 is 0 Å².